The monoisotopic (exact) mass is 332 g/mol. The summed E-state index contributed by atoms with van der Waals surface area (Å²) < 4.78 is 0. The summed E-state index contributed by atoms with van der Waals surface area (Å²) in [6, 6.07) is 0. The first-order valence-electron chi connectivity index (χ1n) is 9.55. The van der Waals surface area contributed by atoms with Crippen LogP contribution in [0.15, 0.2) is 48.6 Å². The van der Waals surface area contributed by atoms with Crippen molar-refractivity contribution in [2.45, 2.75) is 78.1 Å². The van der Waals surface area contributed by atoms with Crippen LogP contribution >= 0.6 is 0 Å². The van der Waals surface area contributed by atoms with E-state index < -0.39 is 5.97 Å². The van der Waals surface area contributed by atoms with Gasteiger partial charge in [-0.1, -0.05) is 75.3 Å². The second-order valence-electron chi connectivity index (χ2n) is 6.11. The molecule has 0 heterocycles. The molecule has 0 aromatic heterocycles. The Morgan fingerprint density at radius 2 is 1.29 bits per heavy atom. The highest BCUT2D eigenvalue weighted by molar-refractivity contribution is 5.69. The van der Waals surface area contributed by atoms with E-state index in [1.54, 1.807) is 0 Å². The number of aliphatic carboxylic acids is 1. The second-order valence-corrected chi connectivity index (χ2v) is 6.11. The summed E-state index contributed by atoms with van der Waals surface area (Å²) in [5, 5.41) is 9.17. The summed E-state index contributed by atoms with van der Waals surface area (Å²) in [6.45, 7) is 4.25. The maximum absolute atomic E-state index is 11.1. The molecule has 0 saturated carbocycles. The molecule has 0 aliphatic rings. The molecule has 0 saturated heterocycles. The largest absolute Gasteiger partial charge is 0.481 e. The molecule has 0 rings (SSSR count). The van der Waals surface area contributed by atoms with Crippen molar-refractivity contribution in [1.82, 2.24) is 0 Å². The number of carboxylic acid groups (broad SMARTS) is 1. The number of rotatable bonds is 15. The molecule has 24 heavy (non-hydrogen) atoms. The minimum atomic E-state index is -0.631. The SMILES string of the molecule is CC/C=C\C/C=C\C/C=C\C/C=C\CCCC(CCCC)C(=O)O. The molecule has 0 aliphatic heterocycles. The van der Waals surface area contributed by atoms with Crippen LogP contribution in [-0.4, -0.2) is 11.1 Å². The summed E-state index contributed by atoms with van der Waals surface area (Å²) in [5.74, 6) is -0.786. The predicted octanol–water partition coefficient (Wildman–Crippen LogP) is 6.85. The van der Waals surface area contributed by atoms with Gasteiger partial charge in [-0.25, -0.2) is 0 Å². The van der Waals surface area contributed by atoms with Crippen LogP contribution in [-0.2, 0) is 4.79 Å². The fourth-order valence-electron chi connectivity index (χ4n) is 2.42. The quantitative estimate of drug-likeness (QED) is 0.263. The average Bonchev–Trinajstić information content (AvgIpc) is 2.57. The number of carboxylic acids is 1. The van der Waals surface area contributed by atoms with Gasteiger partial charge >= 0.3 is 5.97 Å². The third kappa shape index (κ3) is 15.3. The molecule has 1 N–H and O–H groups in total. The Hall–Kier alpha value is -1.57. The molecule has 1 atom stereocenters. The molecule has 0 bridgehead atoms. The molecule has 0 amide bonds. The second kappa shape index (κ2) is 17.8. The maximum atomic E-state index is 11.1. The van der Waals surface area contributed by atoms with Crippen LogP contribution in [0.4, 0.5) is 0 Å². The van der Waals surface area contributed by atoms with Crippen LogP contribution in [0.1, 0.15) is 78.1 Å². The first kappa shape index (κ1) is 22.4. The first-order valence-corrected chi connectivity index (χ1v) is 9.55. The lowest BCUT2D eigenvalue weighted by Gasteiger charge is -2.10. The van der Waals surface area contributed by atoms with E-state index in [9.17, 15) is 4.79 Å². The minimum absolute atomic E-state index is 0.155. The third-order valence-corrected chi connectivity index (χ3v) is 3.90. The van der Waals surface area contributed by atoms with E-state index in [0.29, 0.717) is 0 Å². The molecule has 2 heteroatoms. The lowest BCUT2D eigenvalue weighted by Crippen LogP contribution is -2.13. The Bertz CT molecular complexity index is 402. The van der Waals surface area contributed by atoms with Crippen LogP contribution < -0.4 is 0 Å². The topological polar surface area (TPSA) is 37.3 Å². The van der Waals surface area contributed by atoms with Crippen molar-refractivity contribution in [3.63, 3.8) is 0 Å². The van der Waals surface area contributed by atoms with Gasteiger partial charge in [0.1, 0.15) is 0 Å². The Morgan fingerprint density at radius 1 is 0.792 bits per heavy atom. The van der Waals surface area contributed by atoms with E-state index >= 15 is 0 Å². The van der Waals surface area contributed by atoms with Crippen LogP contribution in [0, 0.1) is 5.92 Å². The van der Waals surface area contributed by atoms with Gasteiger partial charge in [-0.15, -0.1) is 0 Å². The van der Waals surface area contributed by atoms with E-state index in [2.05, 4.69) is 62.5 Å². The fourth-order valence-corrected chi connectivity index (χ4v) is 2.42. The molecule has 2 nitrogen and oxygen atoms in total. The normalized spacial score (nSPS) is 13.8. The van der Waals surface area contributed by atoms with E-state index in [4.69, 9.17) is 5.11 Å². The number of hydrogen-bond acceptors (Lipinski definition) is 1. The molecule has 0 fully saturated rings. The van der Waals surface area contributed by atoms with Gasteiger partial charge in [0.2, 0.25) is 0 Å². The predicted molar refractivity (Wildman–Crippen MR) is 105 cm³/mol. The molecule has 0 aromatic rings. The Kier molecular flexibility index (Phi) is 16.6. The van der Waals surface area contributed by atoms with Crippen LogP contribution in [0.3, 0.4) is 0 Å². The molecule has 136 valence electrons. The van der Waals surface area contributed by atoms with Crippen molar-refractivity contribution >= 4 is 5.97 Å². The summed E-state index contributed by atoms with van der Waals surface area (Å²) in [5.41, 5.74) is 0. The Labute approximate surface area is 149 Å². The van der Waals surface area contributed by atoms with Crippen molar-refractivity contribution in [3.05, 3.63) is 48.6 Å². The van der Waals surface area contributed by atoms with Gasteiger partial charge in [0, 0.05) is 0 Å². The summed E-state index contributed by atoms with van der Waals surface area (Å²) in [4.78, 5) is 11.1. The van der Waals surface area contributed by atoms with Crippen molar-refractivity contribution in [2.24, 2.45) is 5.92 Å². The highest BCUT2D eigenvalue weighted by Gasteiger charge is 2.15. The van der Waals surface area contributed by atoms with E-state index in [0.717, 1.165) is 64.2 Å². The molecular formula is C22H36O2. The fraction of sp³-hybridized carbons (Fsp3) is 0.591. The van der Waals surface area contributed by atoms with Crippen molar-refractivity contribution < 1.29 is 9.90 Å². The molecule has 0 spiro atoms. The third-order valence-electron chi connectivity index (χ3n) is 3.90. The standard InChI is InChI=1S/C22H36O2/c1-3-5-7-8-9-10-11-12-13-14-15-16-17-18-20-21(22(23)24)19-6-4-2/h5,7,9-10,12-13,15-16,21H,3-4,6,8,11,14,17-20H2,1-2H3,(H,23,24)/b7-5-,10-9-,13-12-,16-15-. The number of unbranched alkanes of at least 4 members (excludes halogenated alkanes) is 2. The van der Waals surface area contributed by atoms with Crippen molar-refractivity contribution in [3.8, 4) is 0 Å². The molecule has 1 unspecified atom stereocenters. The van der Waals surface area contributed by atoms with E-state index in [1.807, 2.05) is 0 Å². The van der Waals surface area contributed by atoms with Crippen LogP contribution in [0.25, 0.3) is 0 Å². The van der Waals surface area contributed by atoms with Gasteiger partial charge < -0.3 is 5.11 Å². The zero-order valence-corrected chi connectivity index (χ0v) is 15.6. The zero-order valence-electron chi connectivity index (χ0n) is 15.6. The van der Waals surface area contributed by atoms with Gasteiger partial charge in [0.25, 0.3) is 0 Å². The summed E-state index contributed by atoms with van der Waals surface area (Å²) >= 11 is 0. The average molecular weight is 333 g/mol. The highest BCUT2D eigenvalue weighted by atomic mass is 16.4. The van der Waals surface area contributed by atoms with E-state index in [-0.39, 0.29) is 5.92 Å². The van der Waals surface area contributed by atoms with Crippen molar-refractivity contribution in [1.29, 1.82) is 0 Å². The molecule has 0 radical (unpaired) electrons. The Morgan fingerprint density at radius 3 is 1.79 bits per heavy atom. The summed E-state index contributed by atoms with van der Waals surface area (Å²) in [6.07, 6.45) is 27.2. The van der Waals surface area contributed by atoms with Gasteiger partial charge in [-0.3, -0.25) is 4.79 Å². The zero-order chi connectivity index (χ0) is 17.9. The number of allylic oxidation sites excluding steroid dienone is 8. The van der Waals surface area contributed by atoms with E-state index in [1.165, 1.54) is 0 Å². The van der Waals surface area contributed by atoms with Crippen molar-refractivity contribution in [2.75, 3.05) is 0 Å². The molecule has 0 aliphatic carbocycles. The number of hydrogen-bond donors (Lipinski definition) is 1. The lowest BCUT2D eigenvalue weighted by molar-refractivity contribution is -0.142. The number of carbonyl (C=O) groups is 1. The molecule has 0 aromatic carbocycles. The van der Waals surface area contributed by atoms with Crippen LogP contribution in [0.5, 0.6) is 0 Å². The van der Waals surface area contributed by atoms with Gasteiger partial charge in [0.05, 0.1) is 5.92 Å². The van der Waals surface area contributed by atoms with Gasteiger partial charge in [-0.05, 0) is 51.4 Å². The smallest absolute Gasteiger partial charge is 0.306 e. The van der Waals surface area contributed by atoms with Crippen LogP contribution in [0.2, 0.25) is 0 Å². The van der Waals surface area contributed by atoms with Gasteiger partial charge in [0.15, 0.2) is 0 Å². The van der Waals surface area contributed by atoms with Gasteiger partial charge in [-0.2, -0.15) is 0 Å². The molecular weight excluding hydrogens is 296 g/mol. The highest BCUT2D eigenvalue weighted by Crippen LogP contribution is 2.16. The lowest BCUT2D eigenvalue weighted by atomic mass is 9.96. The summed E-state index contributed by atoms with van der Waals surface area (Å²) in [7, 11) is 0. The minimum Gasteiger partial charge on any atom is -0.481 e. The maximum Gasteiger partial charge on any atom is 0.306 e. The first-order chi connectivity index (χ1) is 11.7. The Balaban J connectivity index is 3.65.